The first-order valence-electron chi connectivity index (χ1n) is 4.72. The summed E-state index contributed by atoms with van der Waals surface area (Å²) in [6, 6.07) is 3.05. The average molecular weight is 194 g/mol. The molecular formula is C11H14O3. The third-order valence-corrected chi connectivity index (χ3v) is 2.54. The smallest absolute Gasteiger partial charge is 0.161 e. The van der Waals surface area contributed by atoms with Crippen molar-refractivity contribution in [2.75, 3.05) is 0 Å². The van der Waals surface area contributed by atoms with Crippen LogP contribution in [0.2, 0.25) is 0 Å². The molecule has 3 heteroatoms. The Bertz CT molecular complexity index is 369. The molecule has 0 spiro atoms. The lowest BCUT2D eigenvalue weighted by molar-refractivity contribution is 0.0841. The quantitative estimate of drug-likeness (QED) is 0.622. The van der Waals surface area contributed by atoms with E-state index < -0.39 is 0 Å². The van der Waals surface area contributed by atoms with Gasteiger partial charge in [-0.15, -0.1) is 0 Å². The molecule has 2 rings (SSSR count). The molecule has 1 heterocycles. The van der Waals surface area contributed by atoms with Crippen molar-refractivity contribution in [2.24, 2.45) is 0 Å². The maximum absolute atomic E-state index is 9.32. The molecule has 1 aliphatic heterocycles. The van der Waals surface area contributed by atoms with E-state index in [4.69, 9.17) is 4.74 Å². The van der Waals surface area contributed by atoms with Gasteiger partial charge in [0.05, 0.1) is 0 Å². The highest BCUT2D eigenvalue weighted by Gasteiger charge is 2.27. The number of aromatic hydroxyl groups is 2. The Morgan fingerprint density at radius 2 is 1.86 bits per heavy atom. The third-order valence-electron chi connectivity index (χ3n) is 2.54. The Hall–Kier alpha value is -1.38. The van der Waals surface area contributed by atoms with Gasteiger partial charge >= 0.3 is 0 Å². The molecule has 1 aliphatic rings. The summed E-state index contributed by atoms with van der Waals surface area (Å²) in [5.41, 5.74) is 0.774. The first-order valence-corrected chi connectivity index (χ1v) is 4.72. The van der Waals surface area contributed by atoms with E-state index in [2.05, 4.69) is 0 Å². The largest absolute Gasteiger partial charge is 0.504 e. The second-order valence-corrected chi connectivity index (χ2v) is 4.31. The summed E-state index contributed by atoms with van der Waals surface area (Å²) in [6.07, 6.45) is 1.79. The molecule has 1 aromatic rings. The van der Waals surface area contributed by atoms with Crippen LogP contribution in [0.4, 0.5) is 0 Å². The summed E-state index contributed by atoms with van der Waals surface area (Å²) in [4.78, 5) is 0. The summed E-state index contributed by atoms with van der Waals surface area (Å²) >= 11 is 0. The van der Waals surface area contributed by atoms with Gasteiger partial charge in [-0.2, -0.15) is 0 Å². The van der Waals surface area contributed by atoms with Gasteiger partial charge < -0.3 is 14.9 Å². The third kappa shape index (κ3) is 1.50. The van der Waals surface area contributed by atoms with Gasteiger partial charge in [-0.1, -0.05) is 0 Å². The molecule has 2 N–H and O–H groups in total. The molecule has 0 amide bonds. The van der Waals surface area contributed by atoms with Gasteiger partial charge in [0.2, 0.25) is 0 Å². The molecule has 0 saturated carbocycles. The van der Waals surface area contributed by atoms with E-state index >= 15 is 0 Å². The number of hydrogen-bond acceptors (Lipinski definition) is 3. The Morgan fingerprint density at radius 3 is 2.57 bits per heavy atom. The maximum atomic E-state index is 9.32. The number of benzene rings is 1. The van der Waals surface area contributed by atoms with Crippen molar-refractivity contribution in [3.63, 3.8) is 0 Å². The number of fused-ring (bicyclic) bond motifs is 1. The molecule has 1 aromatic carbocycles. The Labute approximate surface area is 83.0 Å². The van der Waals surface area contributed by atoms with Crippen molar-refractivity contribution in [3.05, 3.63) is 17.7 Å². The monoisotopic (exact) mass is 194 g/mol. The second kappa shape index (κ2) is 2.80. The van der Waals surface area contributed by atoms with E-state index in [0.717, 1.165) is 18.4 Å². The van der Waals surface area contributed by atoms with Gasteiger partial charge in [-0.3, -0.25) is 0 Å². The lowest BCUT2D eigenvalue weighted by atomic mass is 9.94. The minimum Gasteiger partial charge on any atom is -0.504 e. The molecule has 0 radical (unpaired) electrons. The topological polar surface area (TPSA) is 49.7 Å². The molecule has 0 bridgehead atoms. The summed E-state index contributed by atoms with van der Waals surface area (Å²) in [7, 11) is 0. The van der Waals surface area contributed by atoms with Gasteiger partial charge in [0.15, 0.2) is 11.5 Å². The van der Waals surface area contributed by atoms with Gasteiger partial charge in [0.25, 0.3) is 0 Å². The van der Waals surface area contributed by atoms with E-state index in [-0.39, 0.29) is 17.1 Å². The molecule has 76 valence electrons. The molecule has 0 atom stereocenters. The average Bonchev–Trinajstić information content (AvgIpc) is 2.07. The van der Waals surface area contributed by atoms with Crippen molar-refractivity contribution < 1.29 is 14.9 Å². The highest BCUT2D eigenvalue weighted by Crippen LogP contribution is 2.39. The van der Waals surface area contributed by atoms with Crippen LogP contribution in [0.3, 0.4) is 0 Å². The first-order chi connectivity index (χ1) is 6.48. The van der Waals surface area contributed by atoms with Crippen molar-refractivity contribution in [2.45, 2.75) is 32.3 Å². The zero-order valence-electron chi connectivity index (χ0n) is 8.37. The highest BCUT2D eigenvalue weighted by molar-refractivity contribution is 5.50. The summed E-state index contributed by atoms with van der Waals surface area (Å²) in [6.45, 7) is 4.03. The Balaban J connectivity index is 2.43. The number of ether oxygens (including phenoxy) is 1. The highest BCUT2D eigenvalue weighted by atomic mass is 16.5. The van der Waals surface area contributed by atoms with E-state index in [9.17, 15) is 10.2 Å². The van der Waals surface area contributed by atoms with Crippen LogP contribution in [-0.4, -0.2) is 15.8 Å². The standard InChI is InChI=1S/C11H14O3/c1-11(2)4-3-7-5-8(12)9(13)6-10(7)14-11/h5-6,12-13H,3-4H2,1-2H3. The summed E-state index contributed by atoms with van der Waals surface area (Å²) < 4.78 is 5.68. The van der Waals surface area contributed by atoms with Crippen LogP contribution in [0.1, 0.15) is 25.8 Å². The molecule has 0 aromatic heterocycles. The van der Waals surface area contributed by atoms with Crippen LogP contribution in [0.5, 0.6) is 17.2 Å². The van der Waals surface area contributed by atoms with E-state index in [1.165, 1.54) is 6.07 Å². The van der Waals surface area contributed by atoms with Crippen LogP contribution in [-0.2, 0) is 6.42 Å². The molecule has 0 fully saturated rings. The Morgan fingerprint density at radius 1 is 1.21 bits per heavy atom. The second-order valence-electron chi connectivity index (χ2n) is 4.31. The fourth-order valence-corrected chi connectivity index (χ4v) is 1.68. The summed E-state index contributed by atoms with van der Waals surface area (Å²) in [5.74, 6) is 0.477. The van der Waals surface area contributed by atoms with Crippen LogP contribution < -0.4 is 4.74 Å². The minimum atomic E-state index is -0.184. The Kier molecular flexibility index (Phi) is 1.84. The first kappa shape index (κ1) is 9.19. The van der Waals surface area contributed by atoms with Crippen LogP contribution >= 0.6 is 0 Å². The van der Waals surface area contributed by atoms with Gasteiger partial charge in [0.1, 0.15) is 11.4 Å². The van der Waals surface area contributed by atoms with Crippen LogP contribution in [0.25, 0.3) is 0 Å². The molecule has 3 nitrogen and oxygen atoms in total. The number of hydrogen-bond donors (Lipinski definition) is 2. The number of rotatable bonds is 0. The normalized spacial score (nSPS) is 18.4. The minimum absolute atomic E-state index is 0.0768. The SMILES string of the molecule is CC1(C)CCc2cc(O)c(O)cc2O1. The molecule has 14 heavy (non-hydrogen) atoms. The maximum Gasteiger partial charge on any atom is 0.161 e. The number of phenolic OH excluding ortho intramolecular Hbond substituents is 2. The fourth-order valence-electron chi connectivity index (χ4n) is 1.68. The van der Waals surface area contributed by atoms with Crippen molar-refractivity contribution in [3.8, 4) is 17.2 Å². The number of aryl methyl sites for hydroxylation is 1. The summed E-state index contributed by atoms with van der Waals surface area (Å²) in [5, 5.41) is 18.6. The van der Waals surface area contributed by atoms with Crippen molar-refractivity contribution >= 4 is 0 Å². The zero-order valence-corrected chi connectivity index (χ0v) is 8.37. The van der Waals surface area contributed by atoms with Crippen LogP contribution in [0.15, 0.2) is 12.1 Å². The lowest BCUT2D eigenvalue weighted by Gasteiger charge is -2.32. The van der Waals surface area contributed by atoms with Gasteiger partial charge in [0, 0.05) is 6.07 Å². The number of phenols is 2. The molecular weight excluding hydrogens is 180 g/mol. The van der Waals surface area contributed by atoms with E-state index in [0.29, 0.717) is 5.75 Å². The van der Waals surface area contributed by atoms with Crippen LogP contribution in [0, 0.1) is 0 Å². The predicted molar refractivity (Wildman–Crippen MR) is 52.8 cm³/mol. The fraction of sp³-hybridized carbons (Fsp3) is 0.455. The predicted octanol–water partition coefficient (Wildman–Crippen LogP) is 2.20. The van der Waals surface area contributed by atoms with E-state index in [1.807, 2.05) is 13.8 Å². The zero-order chi connectivity index (χ0) is 10.3. The van der Waals surface area contributed by atoms with E-state index in [1.54, 1.807) is 6.07 Å². The molecule has 0 saturated heterocycles. The lowest BCUT2D eigenvalue weighted by Crippen LogP contribution is -2.32. The molecule has 0 aliphatic carbocycles. The van der Waals surface area contributed by atoms with Gasteiger partial charge in [-0.05, 0) is 38.3 Å². The van der Waals surface area contributed by atoms with Gasteiger partial charge in [-0.25, -0.2) is 0 Å². The van der Waals surface area contributed by atoms with Crippen molar-refractivity contribution in [1.29, 1.82) is 0 Å². The van der Waals surface area contributed by atoms with Crippen molar-refractivity contribution in [1.82, 2.24) is 0 Å². The molecule has 0 unspecified atom stereocenters.